The second-order valence-corrected chi connectivity index (χ2v) is 6.40. The fraction of sp³-hybridized carbons (Fsp3) is 0.529. The molecule has 1 aliphatic heterocycles. The number of likely N-dealkylation sites (tertiary alicyclic amines) is 1. The molecule has 7 heteroatoms. The number of rotatable bonds is 4. The minimum absolute atomic E-state index is 0.103. The minimum atomic E-state index is -0.570. The zero-order chi connectivity index (χ0) is 17.3. The van der Waals surface area contributed by atoms with Gasteiger partial charge in [0.15, 0.2) is 0 Å². The quantitative estimate of drug-likeness (QED) is 0.886. The molecule has 2 atom stereocenters. The van der Waals surface area contributed by atoms with Crippen LogP contribution in [-0.2, 0) is 4.79 Å². The third kappa shape index (κ3) is 3.34. The number of hydrogen-bond donors (Lipinski definition) is 2. The summed E-state index contributed by atoms with van der Waals surface area (Å²) >= 11 is 0. The molecule has 1 aromatic rings. The lowest BCUT2D eigenvalue weighted by Gasteiger charge is -2.27. The summed E-state index contributed by atoms with van der Waals surface area (Å²) in [5.74, 6) is -1.16. The number of nitrogens with one attached hydrogen (secondary N) is 2. The van der Waals surface area contributed by atoms with Crippen molar-refractivity contribution in [2.24, 2.45) is 5.92 Å². The Morgan fingerprint density at radius 2 is 2.00 bits per heavy atom. The lowest BCUT2D eigenvalue weighted by atomic mass is 10.0. The summed E-state index contributed by atoms with van der Waals surface area (Å²) in [7, 11) is 1.53. The standard InChI is InChI=1S/C17H21F2N3O2/c1-20-16(23)14-3-2-8-22(14)17(24)21-15(10-4-5-10)12-9-11(18)6-7-13(12)19/h6-7,9-10,14-15H,2-5,8H2,1H3,(H,20,23)(H,21,24)/t14-,15+/m1/s1. The van der Waals surface area contributed by atoms with Gasteiger partial charge in [-0.3, -0.25) is 4.79 Å². The normalized spacial score (nSPS) is 21.5. The highest BCUT2D eigenvalue weighted by Crippen LogP contribution is 2.42. The van der Waals surface area contributed by atoms with Crippen LogP contribution in [0.5, 0.6) is 0 Å². The van der Waals surface area contributed by atoms with Crippen LogP contribution < -0.4 is 10.6 Å². The Morgan fingerprint density at radius 1 is 1.25 bits per heavy atom. The van der Waals surface area contributed by atoms with Gasteiger partial charge in [-0.2, -0.15) is 0 Å². The first-order chi connectivity index (χ1) is 11.5. The van der Waals surface area contributed by atoms with E-state index in [0.29, 0.717) is 13.0 Å². The zero-order valence-corrected chi connectivity index (χ0v) is 13.5. The van der Waals surface area contributed by atoms with Gasteiger partial charge < -0.3 is 15.5 Å². The van der Waals surface area contributed by atoms with E-state index in [1.54, 1.807) is 0 Å². The van der Waals surface area contributed by atoms with Crippen molar-refractivity contribution >= 4 is 11.9 Å². The predicted octanol–water partition coefficient (Wildman–Crippen LogP) is 2.34. The first-order valence-corrected chi connectivity index (χ1v) is 8.25. The average molecular weight is 337 g/mol. The number of halogens is 2. The van der Waals surface area contributed by atoms with Crippen LogP contribution >= 0.6 is 0 Å². The molecule has 3 amide bonds. The Balaban J connectivity index is 1.77. The van der Waals surface area contributed by atoms with Crippen LogP contribution in [-0.4, -0.2) is 36.5 Å². The molecule has 1 aromatic carbocycles. The fourth-order valence-corrected chi connectivity index (χ4v) is 3.30. The second-order valence-electron chi connectivity index (χ2n) is 6.40. The van der Waals surface area contributed by atoms with Crippen LogP contribution in [0.1, 0.15) is 37.3 Å². The molecule has 0 aromatic heterocycles. The Labute approximate surface area is 139 Å². The largest absolute Gasteiger partial charge is 0.357 e. The summed E-state index contributed by atoms with van der Waals surface area (Å²) in [6.45, 7) is 0.479. The lowest BCUT2D eigenvalue weighted by Crippen LogP contribution is -2.49. The molecule has 0 spiro atoms. The van der Waals surface area contributed by atoms with Gasteiger partial charge in [-0.05, 0) is 49.8 Å². The number of benzene rings is 1. The van der Waals surface area contributed by atoms with Crippen molar-refractivity contribution in [2.75, 3.05) is 13.6 Å². The Morgan fingerprint density at radius 3 is 2.67 bits per heavy atom. The zero-order valence-electron chi connectivity index (χ0n) is 13.5. The molecule has 0 unspecified atom stereocenters. The van der Waals surface area contributed by atoms with Crippen LogP contribution in [0.25, 0.3) is 0 Å². The summed E-state index contributed by atoms with van der Waals surface area (Å²) in [6.07, 6.45) is 3.07. The molecule has 1 aliphatic carbocycles. The van der Waals surface area contributed by atoms with Gasteiger partial charge in [-0.1, -0.05) is 0 Å². The first kappa shape index (κ1) is 16.7. The summed E-state index contributed by atoms with van der Waals surface area (Å²) in [6, 6.07) is 1.80. The molecule has 24 heavy (non-hydrogen) atoms. The van der Waals surface area contributed by atoms with Gasteiger partial charge in [-0.25, -0.2) is 13.6 Å². The number of urea groups is 1. The molecule has 2 aliphatic rings. The van der Waals surface area contributed by atoms with Crippen LogP contribution in [0, 0.1) is 17.6 Å². The van der Waals surface area contributed by atoms with Gasteiger partial charge in [0.05, 0.1) is 6.04 Å². The van der Waals surface area contributed by atoms with Gasteiger partial charge in [0, 0.05) is 19.2 Å². The molecule has 1 heterocycles. The van der Waals surface area contributed by atoms with E-state index in [-0.39, 0.29) is 17.4 Å². The van der Waals surface area contributed by atoms with E-state index in [1.807, 2.05) is 0 Å². The molecule has 3 rings (SSSR count). The highest BCUT2D eigenvalue weighted by atomic mass is 19.1. The molecular formula is C17H21F2N3O2. The number of nitrogens with zero attached hydrogens (tertiary/aromatic N) is 1. The highest BCUT2D eigenvalue weighted by molar-refractivity contribution is 5.87. The maximum absolute atomic E-state index is 14.1. The number of likely N-dealkylation sites (N-methyl/N-ethyl adjacent to an activating group) is 1. The van der Waals surface area contributed by atoms with Crippen molar-refractivity contribution in [1.82, 2.24) is 15.5 Å². The van der Waals surface area contributed by atoms with Crippen molar-refractivity contribution in [2.45, 2.75) is 37.8 Å². The third-order valence-electron chi connectivity index (χ3n) is 4.73. The van der Waals surface area contributed by atoms with E-state index in [1.165, 1.54) is 11.9 Å². The molecule has 1 saturated heterocycles. The highest BCUT2D eigenvalue weighted by Gasteiger charge is 2.39. The molecule has 130 valence electrons. The number of carbonyl (C=O) groups is 2. The van der Waals surface area contributed by atoms with Gasteiger partial charge >= 0.3 is 6.03 Å². The monoisotopic (exact) mass is 337 g/mol. The molecule has 2 N–H and O–H groups in total. The van der Waals surface area contributed by atoms with Gasteiger partial charge in [0.1, 0.15) is 17.7 Å². The number of amides is 3. The molecule has 2 fully saturated rings. The Hall–Kier alpha value is -2.18. The molecule has 0 bridgehead atoms. The smallest absolute Gasteiger partial charge is 0.318 e. The van der Waals surface area contributed by atoms with Crippen LogP contribution in [0.15, 0.2) is 18.2 Å². The van der Waals surface area contributed by atoms with Crippen molar-refractivity contribution in [3.05, 3.63) is 35.4 Å². The third-order valence-corrected chi connectivity index (χ3v) is 4.73. The average Bonchev–Trinajstić information content (AvgIpc) is 3.29. The summed E-state index contributed by atoms with van der Waals surface area (Å²) in [4.78, 5) is 26.0. The van der Waals surface area contributed by atoms with E-state index >= 15 is 0 Å². The Kier molecular flexibility index (Phi) is 4.69. The SMILES string of the molecule is CNC(=O)[C@H]1CCCN1C(=O)N[C@H](c1cc(F)ccc1F)C1CC1. The van der Waals surface area contributed by atoms with E-state index in [9.17, 15) is 18.4 Å². The minimum Gasteiger partial charge on any atom is -0.357 e. The predicted molar refractivity (Wildman–Crippen MR) is 84.1 cm³/mol. The molecule has 0 radical (unpaired) electrons. The second kappa shape index (κ2) is 6.75. The first-order valence-electron chi connectivity index (χ1n) is 8.25. The van der Waals surface area contributed by atoms with Crippen LogP contribution in [0.3, 0.4) is 0 Å². The van der Waals surface area contributed by atoms with E-state index in [4.69, 9.17) is 0 Å². The maximum atomic E-state index is 14.1. The number of hydrogen-bond acceptors (Lipinski definition) is 2. The fourth-order valence-electron chi connectivity index (χ4n) is 3.30. The summed E-state index contributed by atoms with van der Waals surface area (Å²) in [5, 5.41) is 5.37. The maximum Gasteiger partial charge on any atom is 0.318 e. The van der Waals surface area contributed by atoms with Gasteiger partial charge in [0.25, 0.3) is 0 Å². The van der Waals surface area contributed by atoms with Crippen molar-refractivity contribution in [3.63, 3.8) is 0 Å². The Bertz CT molecular complexity index is 649. The molecule has 5 nitrogen and oxygen atoms in total. The van der Waals surface area contributed by atoms with Gasteiger partial charge in [-0.15, -0.1) is 0 Å². The van der Waals surface area contributed by atoms with Crippen LogP contribution in [0.2, 0.25) is 0 Å². The van der Waals surface area contributed by atoms with Crippen molar-refractivity contribution in [3.8, 4) is 0 Å². The van der Waals surface area contributed by atoms with Crippen molar-refractivity contribution < 1.29 is 18.4 Å². The summed E-state index contributed by atoms with van der Waals surface area (Å²) in [5.41, 5.74) is 0.168. The van der Waals surface area contributed by atoms with E-state index in [2.05, 4.69) is 10.6 Å². The molecule has 1 saturated carbocycles. The number of carbonyl (C=O) groups excluding carboxylic acids is 2. The van der Waals surface area contributed by atoms with E-state index < -0.39 is 29.7 Å². The van der Waals surface area contributed by atoms with Crippen LogP contribution in [0.4, 0.5) is 13.6 Å². The topological polar surface area (TPSA) is 61.4 Å². The van der Waals surface area contributed by atoms with Crippen molar-refractivity contribution in [1.29, 1.82) is 0 Å². The summed E-state index contributed by atoms with van der Waals surface area (Å²) < 4.78 is 27.6. The lowest BCUT2D eigenvalue weighted by molar-refractivity contribution is -0.124. The van der Waals surface area contributed by atoms with E-state index in [0.717, 1.165) is 37.5 Å². The van der Waals surface area contributed by atoms with Gasteiger partial charge in [0.2, 0.25) is 5.91 Å². The molecular weight excluding hydrogens is 316 g/mol.